The van der Waals surface area contributed by atoms with Gasteiger partial charge in [-0.25, -0.2) is 0 Å². The first-order valence-corrected chi connectivity index (χ1v) is 7.44. The summed E-state index contributed by atoms with van der Waals surface area (Å²) in [7, 11) is 3.77. The second-order valence-corrected chi connectivity index (χ2v) is 5.68. The molecule has 120 valence electrons. The zero-order valence-corrected chi connectivity index (χ0v) is 13.7. The molecular formula is C15H24N6O. The first-order valence-electron chi connectivity index (χ1n) is 7.44. The molecule has 2 aromatic heterocycles. The number of amides is 1. The van der Waals surface area contributed by atoms with Gasteiger partial charge in [0.05, 0.1) is 12.2 Å². The summed E-state index contributed by atoms with van der Waals surface area (Å²) in [5, 5.41) is 14.1. The molecule has 0 atom stereocenters. The molecule has 0 radical (unpaired) electrons. The van der Waals surface area contributed by atoms with Crippen molar-refractivity contribution in [2.24, 2.45) is 7.05 Å². The van der Waals surface area contributed by atoms with Gasteiger partial charge in [-0.3, -0.25) is 19.5 Å². The van der Waals surface area contributed by atoms with E-state index in [1.807, 2.05) is 32.8 Å². The molecule has 0 aliphatic carbocycles. The fourth-order valence-corrected chi connectivity index (χ4v) is 2.46. The molecule has 7 heteroatoms. The normalized spacial score (nSPS) is 11.1. The van der Waals surface area contributed by atoms with Gasteiger partial charge in [-0.1, -0.05) is 0 Å². The smallest absolute Gasteiger partial charge is 0.239 e. The minimum absolute atomic E-state index is 0.0446. The molecule has 7 nitrogen and oxygen atoms in total. The van der Waals surface area contributed by atoms with Crippen LogP contribution in [-0.4, -0.2) is 50.9 Å². The number of rotatable bonds is 7. The van der Waals surface area contributed by atoms with Crippen molar-refractivity contribution in [3.05, 3.63) is 29.2 Å². The number of nitrogens with zero attached hydrogens (tertiary/aromatic N) is 4. The molecule has 1 amide bonds. The number of aromatic amines is 1. The third-order valence-corrected chi connectivity index (χ3v) is 3.64. The van der Waals surface area contributed by atoms with E-state index >= 15 is 0 Å². The molecule has 0 bridgehead atoms. The molecule has 0 fully saturated rings. The van der Waals surface area contributed by atoms with Gasteiger partial charge in [0.2, 0.25) is 5.91 Å². The van der Waals surface area contributed by atoms with Crippen LogP contribution in [0.25, 0.3) is 0 Å². The highest BCUT2D eigenvalue weighted by Gasteiger charge is 2.10. The minimum Gasteiger partial charge on any atom is -0.308 e. The lowest BCUT2D eigenvalue weighted by Gasteiger charge is -2.15. The average molecular weight is 304 g/mol. The first kappa shape index (κ1) is 16.2. The Balaban J connectivity index is 1.71. The number of aryl methyl sites for hydroxylation is 3. The van der Waals surface area contributed by atoms with E-state index in [9.17, 15) is 4.79 Å². The van der Waals surface area contributed by atoms with Gasteiger partial charge in [0.1, 0.15) is 0 Å². The third-order valence-electron chi connectivity index (χ3n) is 3.64. The second kappa shape index (κ2) is 7.22. The maximum absolute atomic E-state index is 11.9. The van der Waals surface area contributed by atoms with E-state index in [4.69, 9.17) is 0 Å². The molecule has 0 unspecified atom stereocenters. The number of hydrogen-bond acceptors (Lipinski definition) is 4. The number of aromatic nitrogens is 4. The molecule has 2 N–H and O–H groups in total. The quantitative estimate of drug-likeness (QED) is 0.807. The van der Waals surface area contributed by atoms with Crippen LogP contribution < -0.4 is 5.32 Å². The van der Waals surface area contributed by atoms with E-state index < -0.39 is 0 Å². The molecule has 0 aliphatic rings. The van der Waals surface area contributed by atoms with Crippen LogP contribution in [0.3, 0.4) is 0 Å². The number of carbonyl (C=O) groups excluding carboxylic acids is 1. The minimum atomic E-state index is -0.0446. The second-order valence-electron chi connectivity index (χ2n) is 5.68. The molecule has 0 aliphatic heterocycles. The molecule has 0 spiro atoms. The highest BCUT2D eigenvalue weighted by atomic mass is 16.2. The summed E-state index contributed by atoms with van der Waals surface area (Å²) in [4.78, 5) is 13.9. The maximum atomic E-state index is 11.9. The Morgan fingerprint density at radius 3 is 2.82 bits per heavy atom. The standard InChI is InChI=1S/C15H24N6O/c1-11-13(12(2)18-17-11)6-5-8-20(3)10-15(22)16-14-7-9-21(4)19-14/h7,9H,5-6,8,10H2,1-4H3,(H,17,18)(H,16,19,22). The van der Waals surface area contributed by atoms with E-state index in [2.05, 4.69) is 20.6 Å². The summed E-state index contributed by atoms with van der Waals surface area (Å²) in [6.45, 7) is 5.28. The Hall–Kier alpha value is -2.15. The van der Waals surface area contributed by atoms with Crippen LogP contribution in [0.15, 0.2) is 12.3 Å². The summed E-state index contributed by atoms with van der Waals surface area (Å²) >= 11 is 0. The molecule has 2 aromatic rings. The monoisotopic (exact) mass is 304 g/mol. The summed E-state index contributed by atoms with van der Waals surface area (Å²) in [6.07, 6.45) is 3.77. The van der Waals surface area contributed by atoms with Crippen LogP contribution in [0.5, 0.6) is 0 Å². The van der Waals surface area contributed by atoms with E-state index in [0.29, 0.717) is 12.4 Å². The molecule has 22 heavy (non-hydrogen) atoms. The Bertz CT molecular complexity index is 610. The van der Waals surface area contributed by atoms with E-state index in [1.165, 1.54) is 5.56 Å². The Morgan fingerprint density at radius 1 is 1.45 bits per heavy atom. The highest BCUT2D eigenvalue weighted by molar-refractivity contribution is 5.91. The first-order chi connectivity index (χ1) is 10.5. The summed E-state index contributed by atoms with van der Waals surface area (Å²) in [5.41, 5.74) is 3.48. The topological polar surface area (TPSA) is 78.8 Å². The van der Waals surface area contributed by atoms with Crippen LogP contribution in [-0.2, 0) is 18.3 Å². The molecule has 0 saturated carbocycles. The SMILES string of the molecule is Cc1n[nH]c(C)c1CCCN(C)CC(=O)Nc1ccn(C)n1. The van der Waals surface area contributed by atoms with Crippen LogP contribution >= 0.6 is 0 Å². The number of hydrogen-bond donors (Lipinski definition) is 2. The van der Waals surface area contributed by atoms with Crippen molar-refractivity contribution in [2.45, 2.75) is 26.7 Å². The Labute approximate surface area is 130 Å². The summed E-state index contributed by atoms with van der Waals surface area (Å²) in [5.74, 6) is 0.544. The van der Waals surface area contributed by atoms with Crippen molar-refractivity contribution in [2.75, 3.05) is 25.5 Å². The zero-order valence-electron chi connectivity index (χ0n) is 13.7. The molecule has 0 aromatic carbocycles. The number of likely N-dealkylation sites (N-methyl/N-ethyl adjacent to an activating group) is 1. The fourth-order valence-electron chi connectivity index (χ4n) is 2.46. The van der Waals surface area contributed by atoms with E-state index in [-0.39, 0.29) is 5.91 Å². The van der Waals surface area contributed by atoms with Gasteiger partial charge in [-0.15, -0.1) is 0 Å². The van der Waals surface area contributed by atoms with Crippen molar-refractivity contribution in [3.63, 3.8) is 0 Å². The van der Waals surface area contributed by atoms with Crippen molar-refractivity contribution in [3.8, 4) is 0 Å². The molecular weight excluding hydrogens is 280 g/mol. The Kier molecular flexibility index (Phi) is 5.32. The largest absolute Gasteiger partial charge is 0.308 e. The van der Waals surface area contributed by atoms with Gasteiger partial charge in [0.25, 0.3) is 0 Å². The van der Waals surface area contributed by atoms with E-state index in [0.717, 1.165) is 30.8 Å². The van der Waals surface area contributed by atoms with E-state index in [1.54, 1.807) is 16.9 Å². The Morgan fingerprint density at radius 2 is 2.23 bits per heavy atom. The summed E-state index contributed by atoms with van der Waals surface area (Å²) in [6, 6.07) is 1.78. The van der Waals surface area contributed by atoms with Crippen molar-refractivity contribution < 1.29 is 4.79 Å². The van der Waals surface area contributed by atoms with Gasteiger partial charge in [0.15, 0.2) is 5.82 Å². The number of carbonyl (C=O) groups is 1. The van der Waals surface area contributed by atoms with Crippen molar-refractivity contribution in [1.82, 2.24) is 24.9 Å². The van der Waals surface area contributed by atoms with Gasteiger partial charge in [0, 0.05) is 25.0 Å². The summed E-state index contributed by atoms with van der Waals surface area (Å²) < 4.78 is 1.66. The van der Waals surface area contributed by atoms with Gasteiger partial charge >= 0.3 is 0 Å². The lowest BCUT2D eigenvalue weighted by Crippen LogP contribution is -2.31. The van der Waals surface area contributed by atoms with Gasteiger partial charge in [-0.05, 0) is 45.8 Å². The van der Waals surface area contributed by atoms with Crippen LogP contribution in [0, 0.1) is 13.8 Å². The molecule has 2 rings (SSSR count). The third kappa shape index (κ3) is 4.42. The number of H-pyrrole nitrogens is 1. The van der Waals surface area contributed by atoms with Crippen LogP contribution in [0.4, 0.5) is 5.82 Å². The van der Waals surface area contributed by atoms with Crippen molar-refractivity contribution in [1.29, 1.82) is 0 Å². The number of anilines is 1. The van der Waals surface area contributed by atoms with Crippen LogP contribution in [0.2, 0.25) is 0 Å². The lowest BCUT2D eigenvalue weighted by atomic mass is 10.1. The fraction of sp³-hybridized carbons (Fsp3) is 0.533. The van der Waals surface area contributed by atoms with Gasteiger partial charge in [-0.2, -0.15) is 10.2 Å². The van der Waals surface area contributed by atoms with Gasteiger partial charge < -0.3 is 5.32 Å². The number of nitrogens with one attached hydrogen (secondary N) is 2. The van der Waals surface area contributed by atoms with Crippen LogP contribution in [0.1, 0.15) is 23.4 Å². The zero-order chi connectivity index (χ0) is 16.1. The molecule has 0 saturated heterocycles. The average Bonchev–Trinajstić information content (AvgIpc) is 2.98. The van der Waals surface area contributed by atoms with Crippen molar-refractivity contribution >= 4 is 11.7 Å². The lowest BCUT2D eigenvalue weighted by molar-refractivity contribution is -0.117. The predicted octanol–water partition coefficient (Wildman–Crippen LogP) is 1.26. The maximum Gasteiger partial charge on any atom is 0.239 e. The highest BCUT2D eigenvalue weighted by Crippen LogP contribution is 2.11. The molecule has 2 heterocycles. The predicted molar refractivity (Wildman–Crippen MR) is 85.7 cm³/mol.